The molecule has 1 aromatic rings. The third-order valence-electron chi connectivity index (χ3n) is 3.23. The van der Waals surface area contributed by atoms with Crippen molar-refractivity contribution in [1.29, 1.82) is 0 Å². The van der Waals surface area contributed by atoms with Crippen molar-refractivity contribution in [3.8, 4) is 5.75 Å². The first-order valence-electron chi connectivity index (χ1n) is 6.68. The van der Waals surface area contributed by atoms with Crippen LogP contribution in [0.1, 0.15) is 53.8 Å². The fourth-order valence-corrected chi connectivity index (χ4v) is 2.18. The predicted molar refractivity (Wildman–Crippen MR) is 73.9 cm³/mol. The minimum absolute atomic E-state index is 0.0893. The number of ketones is 2. The summed E-state index contributed by atoms with van der Waals surface area (Å²) in [7, 11) is 0. The average molecular weight is 258 g/mol. The highest BCUT2D eigenvalue weighted by molar-refractivity contribution is 6.25. The number of hydrogen-bond donors (Lipinski definition) is 0. The molecule has 0 unspecified atom stereocenters. The second kappa shape index (κ2) is 5.83. The molecule has 3 nitrogen and oxygen atoms in total. The van der Waals surface area contributed by atoms with Gasteiger partial charge in [-0.1, -0.05) is 31.9 Å². The Kier molecular flexibility index (Phi) is 4.15. The summed E-state index contributed by atoms with van der Waals surface area (Å²) in [4.78, 5) is 24.1. The Morgan fingerprint density at radius 3 is 2.68 bits per heavy atom. The van der Waals surface area contributed by atoms with E-state index in [2.05, 4.69) is 6.92 Å². The Bertz CT molecular complexity index is 541. The van der Waals surface area contributed by atoms with Crippen LogP contribution >= 0.6 is 0 Å². The summed E-state index contributed by atoms with van der Waals surface area (Å²) in [5.74, 6) is 0.294. The molecule has 0 fully saturated rings. The van der Waals surface area contributed by atoms with Gasteiger partial charge < -0.3 is 4.74 Å². The highest BCUT2D eigenvalue weighted by atomic mass is 16.5. The minimum Gasteiger partial charge on any atom is -0.493 e. The highest BCUT2D eigenvalue weighted by Gasteiger charge is 2.26. The van der Waals surface area contributed by atoms with Crippen LogP contribution in [0.25, 0.3) is 0 Å². The zero-order valence-corrected chi connectivity index (χ0v) is 11.4. The smallest absolute Gasteiger partial charge is 0.190 e. The molecule has 0 heterocycles. The monoisotopic (exact) mass is 258 g/mol. The summed E-state index contributed by atoms with van der Waals surface area (Å²) in [6.45, 7) is 4.37. The number of carbonyl (C=O) groups excluding carboxylic acids is 2. The van der Waals surface area contributed by atoms with Crippen molar-refractivity contribution >= 4 is 11.6 Å². The molecule has 100 valence electrons. The molecule has 1 aliphatic carbocycles. The molecule has 0 radical (unpaired) electrons. The third-order valence-corrected chi connectivity index (χ3v) is 3.23. The van der Waals surface area contributed by atoms with Crippen molar-refractivity contribution in [2.24, 2.45) is 0 Å². The van der Waals surface area contributed by atoms with Crippen molar-refractivity contribution in [3.05, 3.63) is 41.0 Å². The van der Waals surface area contributed by atoms with Gasteiger partial charge in [-0.2, -0.15) is 0 Å². The fraction of sp³-hybridized carbons (Fsp3) is 0.375. The maximum Gasteiger partial charge on any atom is 0.190 e. The normalized spacial score (nSPS) is 14.1. The highest BCUT2D eigenvalue weighted by Crippen LogP contribution is 2.29. The number of allylic oxidation sites excluding steroid dienone is 2. The number of ether oxygens (including phenoxy) is 1. The van der Waals surface area contributed by atoms with Crippen LogP contribution in [0.2, 0.25) is 0 Å². The van der Waals surface area contributed by atoms with Gasteiger partial charge in [0.05, 0.1) is 12.2 Å². The molecule has 0 bridgehead atoms. The SMILES string of the molecule is CCCCCOc1cccc2c1C(=O)C=C(C)C2=O. The summed E-state index contributed by atoms with van der Waals surface area (Å²) in [6, 6.07) is 5.20. The molecule has 1 aliphatic rings. The molecule has 0 spiro atoms. The van der Waals surface area contributed by atoms with Crippen LogP contribution in [0.3, 0.4) is 0 Å². The molecule has 0 aromatic heterocycles. The molecule has 1 aromatic carbocycles. The largest absolute Gasteiger partial charge is 0.493 e. The van der Waals surface area contributed by atoms with Crippen LogP contribution in [0, 0.1) is 0 Å². The lowest BCUT2D eigenvalue weighted by atomic mass is 9.89. The van der Waals surface area contributed by atoms with Crippen LogP contribution in [0.5, 0.6) is 5.75 Å². The maximum absolute atomic E-state index is 12.0. The summed E-state index contributed by atoms with van der Waals surface area (Å²) in [5, 5.41) is 0. The molecule has 0 atom stereocenters. The number of unbranched alkanes of at least 4 members (excludes halogenated alkanes) is 2. The molecule has 0 amide bonds. The topological polar surface area (TPSA) is 43.4 Å². The average Bonchev–Trinajstić information content (AvgIpc) is 2.41. The number of Topliss-reactive ketones (excluding diaryl/α,β-unsaturated/α-hetero) is 1. The van der Waals surface area contributed by atoms with Crippen molar-refractivity contribution in [1.82, 2.24) is 0 Å². The van der Waals surface area contributed by atoms with Gasteiger partial charge in [0.15, 0.2) is 11.6 Å². The molecule has 0 aliphatic heterocycles. The van der Waals surface area contributed by atoms with Crippen molar-refractivity contribution in [2.45, 2.75) is 33.1 Å². The summed E-state index contributed by atoms with van der Waals surface area (Å²) < 4.78 is 5.66. The van der Waals surface area contributed by atoms with E-state index < -0.39 is 0 Å². The van der Waals surface area contributed by atoms with Gasteiger partial charge in [0.25, 0.3) is 0 Å². The van der Waals surface area contributed by atoms with Gasteiger partial charge in [-0.15, -0.1) is 0 Å². The zero-order valence-electron chi connectivity index (χ0n) is 11.4. The Morgan fingerprint density at radius 2 is 1.95 bits per heavy atom. The van der Waals surface area contributed by atoms with Crippen molar-refractivity contribution in [3.63, 3.8) is 0 Å². The van der Waals surface area contributed by atoms with Crippen molar-refractivity contribution < 1.29 is 14.3 Å². The van der Waals surface area contributed by atoms with Gasteiger partial charge in [0.1, 0.15) is 5.75 Å². The Labute approximate surface area is 113 Å². The number of rotatable bonds is 5. The van der Waals surface area contributed by atoms with Gasteiger partial charge >= 0.3 is 0 Å². The summed E-state index contributed by atoms with van der Waals surface area (Å²) >= 11 is 0. The lowest BCUT2D eigenvalue weighted by Crippen LogP contribution is -2.17. The van der Waals surface area contributed by atoms with Gasteiger partial charge in [0, 0.05) is 11.1 Å². The Morgan fingerprint density at radius 1 is 1.16 bits per heavy atom. The van der Waals surface area contributed by atoms with Gasteiger partial charge in [-0.25, -0.2) is 0 Å². The second-order valence-electron chi connectivity index (χ2n) is 4.76. The van der Waals surface area contributed by atoms with Crippen LogP contribution in [0.15, 0.2) is 29.8 Å². The van der Waals surface area contributed by atoms with Gasteiger partial charge in [-0.3, -0.25) is 9.59 Å². The maximum atomic E-state index is 12.0. The number of benzene rings is 1. The Balaban J connectivity index is 2.25. The molecule has 2 rings (SSSR count). The second-order valence-corrected chi connectivity index (χ2v) is 4.76. The van der Waals surface area contributed by atoms with E-state index in [0.717, 1.165) is 19.3 Å². The van der Waals surface area contributed by atoms with E-state index >= 15 is 0 Å². The van der Waals surface area contributed by atoms with E-state index in [0.29, 0.717) is 29.1 Å². The van der Waals surface area contributed by atoms with Crippen LogP contribution in [-0.2, 0) is 0 Å². The quantitative estimate of drug-likeness (QED) is 0.758. The van der Waals surface area contributed by atoms with Gasteiger partial charge in [-0.05, 0) is 25.5 Å². The molecule has 0 N–H and O–H groups in total. The molecule has 0 saturated heterocycles. The van der Waals surface area contributed by atoms with E-state index in [1.807, 2.05) is 0 Å². The van der Waals surface area contributed by atoms with E-state index in [-0.39, 0.29) is 11.6 Å². The first-order valence-corrected chi connectivity index (χ1v) is 6.68. The van der Waals surface area contributed by atoms with Crippen molar-refractivity contribution in [2.75, 3.05) is 6.61 Å². The van der Waals surface area contributed by atoms with Crippen LogP contribution in [0.4, 0.5) is 0 Å². The van der Waals surface area contributed by atoms with E-state index in [1.54, 1.807) is 25.1 Å². The fourth-order valence-electron chi connectivity index (χ4n) is 2.18. The number of carbonyl (C=O) groups is 2. The standard InChI is InChI=1S/C16H18O3/c1-3-4-5-9-19-14-8-6-7-12-15(14)13(17)10-11(2)16(12)18/h6-8,10H,3-5,9H2,1-2H3. The van der Waals surface area contributed by atoms with E-state index in [1.165, 1.54) is 6.08 Å². The van der Waals surface area contributed by atoms with Gasteiger partial charge in [0.2, 0.25) is 0 Å². The van der Waals surface area contributed by atoms with Crippen LogP contribution in [-0.4, -0.2) is 18.2 Å². The van der Waals surface area contributed by atoms with E-state index in [4.69, 9.17) is 4.74 Å². The molecular formula is C16H18O3. The lowest BCUT2D eigenvalue weighted by Gasteiger charge is -2.16. The molecule has 0 saturated carbocycles. The first-order chi connectivity index (χ1) is 9.15. The number of fused-ring (bicyclic) bond motifs is 1. The number of hydrogen-bond acceptors (Lipinski definition) is 3. The summed E-state index contributed by atoms with van der Waals surface area (Å²) in [6.07, 6.45) is 4.57. The third kappa shape index (κ3) is 2.75. The minimum atomic E-state index is -0.141. The zero-order chi connectivity index (χ0) is 13.8. The Hall–Kier alpha value is -1.90. The molecule has 19 heavy (non-hydrogen) atoms. The molecule has 3 heteroatoms. The summed E-state index contributed by atoms with van der Waals surface area (Å²) in [5.41, 5.74) is 1.35. The lowest BCUT2D eigenvalue weighted by molar-refractivity contribution is 0.0981. The van der Waals surface area contributed by atoms with E-state index in [9.17, 15) is 9.59 Å². The first kappa shape index (κ1) is 13.5. The predicted octanol–water partition coefficient (Wildman–Crippen LogP) is 3.58. The van der Waals surface area contributed by atoms with Crippen LogP contribution < -0.4 is 4.74 Å². The molecular weight excluding hydrogens is 240 g/mol.